The van der Waals surface area contributed by atoms with Gasteiger partial charge in [0.05, 0.1) is 18.8 Å². The summed E-state index contributed by atoms with van der Waals surface area (Å²) in [6.07, 6.45) is 70.7. The first-order chi connectivity index (χ1) is 32.1. The molecule has 386 valence electrons. The van der Waals surface area contributed by atoms with Crippen LogP contribution in [0.1, 0.15) is 328 Å². The van der Waals surface area contributed by atoms with Crippen molar-refractivity contribution in [2.24, 2.45) is 0 Å². The van der Waals surface area contributed by atoms with Crippen molar-refractivity contribution in [1.82, 2.24) is 5.32 Å². The lowest BCUT2D eigenvalue weighted by molar-refractivity contribution is -0.124. The third-order valence-corrected chi connectivity index (χ3v) is 14.0. The molecule has 0 heterocycles. The number of nitrogens with one attached hydrogen (secondary N) is 1. The van der Waals surface area contributed by atoms with Gasteiger partial charge in [0.15, 0.2) is 0 Å². The molecule has 1 amide bonds. The Bertz CT molecular complexity index is 967. The number of hydrogen-bond acceptors (Lipinski definition) is 4. The lowest BCUT2D eigenvalue weighted by Crippen LogP contribution is -2.50. The Morgan fingerprint density at radius 2 is 0.615 bits per heavy atom. The molecule has 0 spiro atoms. The summed E-state index contributed by atoms with van der Waals surface area (Å²) in [6, 6.07) is -0.824. The van der Waals surface area contributed by atoms with E-state index in [1.807, 2.05) is 0 Å². The van der Waals surface area contributed by atoms with Crippen LogP contribution in [-0.4, -0.2) is 46.1 Å². The predicted molar refractivity (Wildman–Crippen MR) is 287 cm³/mol. The standard InChI is InChI=1S/C60H117NO4/c1-3-5-7-9-11-13-15-17-19-21-23-24-25-26-27-28-29-30-31-32-33-34-35-36-37-39-41-43-45-47-49-51-53-55-59(64)61-57(56-62)60(65)58(63)54-52-50-48-46-44-42-40-38-22-20-18-16-14-12-10-8-6-4-2/h26-27,46,48,57-58,60,62-63,65H,3-25,28-45,47,49-56H2,1-2H3,(H,61,64)/b27-26-,48-46+. The molecule has 3 unspecified atom stereocenters. The van der Waals surface area contributed by atoms with Gasteiger partial charge in [-0.3, -0.25) is 4.79 Å². The third-order valence-electron chi connectivity index (χ3n) is 14.0. The highest BCUT2D eigenvalue weighted by molar-refractivity contribution is 5.76. The molecule has 0 aromatic rings. The van der Waals surface area contributed by atoms with E-state index < -0.39 is 18.2 Å². The molecule has 0 saturated carbocycles. The topological polar surface area (TPSA) is 89.8 Å². The first-order valence-corrected chi connectivity index (χ1v) is 29.6. The summed E-state index contributed by atoms with van der Waals surface area (Å²) in [5, 5.41) is 33.7. The van der Waals surface area contributed by atoms with Crippen molar-refractivity contribution in [3.8, 4) is 0 Å². The Kier molecular flexibility index (Phi) is 54.4. The molecule has 0 rings (SSSR count). The summed E-state index contributed by atoms with van der Waals surface area (Å²) < 4.78 is 0. The van der Waals surface area contributed by atoms with E-state index in [2.05, 4.69) is 43.5 Å². The minimum Gasteiger partial charge on any atom is -0.394 e. The quantitative estimate of drug-likeness (QED) is 0.0361. The van der Waals surface area contributed by atoms with Gasteiger partial charge in [-0.05, 0) is 64.2 Å². The van der Waals surface area contributed by atoms with Crippen LogP contribution in [0.15, 0.2) is 24.3 Å². The molecule has 0 aromatic carbocycles. The minimum absolute atomic E-state index is 0.148. The van der Waals surface area contributed by atoms with Crippen LogP contribution in [0.2, 0.25) is 0 Å². The zero-order valence-corrected chi connectivity index (χ0v) is 44.1. The Morgan fingerprint density at radius 1 is 0.369 bits per heavy atom. The molecule has 0 bridgehead atoms. The van der Waals surface area contributed by atoms with Gasteiger partial charge in [-0.1, -0.05) is 282 Å². The van der Waals surface area contributed by atoms with E-state index in [0.29, 0.717) is 12.8 Å². The van der Waals surface area contributed by atoms with Gasteiger partial charge in [-0.2, -0.15) is 0 Å². The Labute approximate surface area is 407 Å². The van der Waals surface area contributed by atoms with Gasteiger partial charge < -0.3 is 20.6 Å². The van der Waals surface area contributed by atoms with Gasteiger partial charge in [0.1, 0.15) is 6.10 Å². The van der Waals surface area contributed by atoms with Crippen molar-refractivity contribution >= 4 is 5.91 Å². The number of amides is 1. The van der Waals surface area contributed by atoms with E-state index in [9.17, 15) is 20.1 Å². The van der Waals surface area contributed by atoms with Crippen LogP contribution < -0.4 is 5.32 Å². The van der Waals surface area contributed by atoms with Crippen LogP contribution in [0.3, 0.4) is 0 Å². The number of unbranched alkanes of at least 4 members (excludes halogenated alkanes) is 43. The molecule has 0 fully saturated rings. The van der Waals surface area contributed by atoms with Gasteiger partial charge in [0, 0.05) is 6.42 Å². The van der Waals surface area contributed by atoms with E-state index in [-0.39, 0.29) is 12.5 Å². The molecule has 0 aliphatic carbocycles. The van der Waals surface area contributed by atoms with Crippen molar-refractivity contribution in [1.29, 1.82) is 0 Å². The number of carbonyl (C=O) groups excluding carboxylic acids is 1. The molecule has 5 heteroatoms. The number of carbonyl (C=O) groups is 1. The molecule has 0 aliphatic rings. The van der Waals surface area contributed by atoms with Crippen LogP contribution in [-0.2, 0) is 4.79 Å². The monoisotopic (exact) mass is 916 g/mol. The first kappa shape index (κ1) is 63.8. The second kappa shape index (κ2) is 55.4. The van der Waals surface area contributed by atoms with Gasteiger partial charge in [-0.25, -0.2) is 0 Å². The fraction of sp³-hybridized carbons (Fsp3) is 0.917. The highest BCUT2D eigenvalue weighted by Crippen LogP contribution is 2.18. The summed E-state index contributed by atoms with van der Waals surface area (Å²) in [5.74, 6) is -0.148. The molecule has 0 radical (unpaired) electrons. The maximum Gasteiger partial charge on any atom is 0.220 e. The average molecular weight is 917 g/mol. The van der Waals surface area contributed by atoms with Crippen molar-refractivity contribution < 1.29 is 20.1 Å². The van der Waals surface area contributed by atoms with E-state index in [0.717, 1.165) is 38.5 Å². The van der Waals surface area contributed by atoms with Gasteiger partial charge in [0.2, 0.25) is 5.91 Å². The maximum atomic E-state index is 12.5. The molecule has 0 aliphatic heterocycles. The van der Waals surface area contributed by atoms with Crippen LogP contribution in [0, 0.1) is 0 Å². The Morgan fingerprint density at radius 3 is 0.892 bits per heavy atom. The van der Waals surface area contributed by atoms with Crippen molar-refractivity contribution in [2.45, 2.75) is 347 Å². The summed E-state index contributed by atoms with van der Waals surface area (Å²) in [6.45, 7) is 4.20. The van der Waals surface area contributed by atoms with Crippen LogP contribution >= 0.6 is 0 Å². The molecule has 0 aromatic heterocycles. The molecular formula is C60H117NO4. The molecule has 3 atom stereocenters. The molecule has 4 N–H and O–H groups in total. The molecule has 5 nitrogen and oxygen atoms in total. The van der Waals surface area contributed by atoms with Gasteiger partial charge in [-0.15, -0.1) is 0 Å². The largest absolute Gasteiger partial charge is 0.394 e. The van der Waals surface area contributed by atoms with Crippen molar-refractivity contribution in [3.63, 3.8) is 0 Å². The predicted octanol–water partition coefficient (Wildman–Crippen LogP) is 18.5. The van der Waals surface area contributed by atoms with Gasteiger partial charge in [0.25, 0.3) is 0 Å². The van der Waals surface area contributed by atoms with Crippen molar-refractivity contribution in [3.05, 3.63) is 24.3 Å². The van der Waals surface area contributed by atoms with Crippen LogP contribution in [0.25, 0.3) is 0 Å². The summed E-state index contributed by atoms with van der Waals surface area (Å²) in [7, 11) is 0. The Hall–Kier alpha value is -1.17. The molecule has 0 saturated heterocycles. The summed E-state index contributed by atoms with van der Waals surface area (Å²) in [4.78, 5) is 12.5. The third kappa shape index (κ3) is 50.5. The lowest BCUT2D eigenvalue weighted by atomic mass is 10.0. The van der Waals surface area contributed by atoms with E-state index in [1.54, 1.807) is 0 Å². The molecular weight excluding hydrogens is 799 g/mol. The highest BCUT2D eigenvalue weighted by Gasteiger charge is 2.26. The normalized spacial score (nSPS) is 13.4. The van der Waals surface area contributed by atoms with Crippen molar-refractivity contribution in [2.75, 3.05) is 6.61 Å². The van der Waals surface area contributed by atoms with E-state index >= 15 is 0 Å². The summed E-state index contributed by atoms with van der Waals surface area (Å²) >= 11 is 0. The van der Waals surface area contributed by atoms with E-state index in [4.69, 9.17) is 0 Å². The molecule has 65 heavy (non-hydrogen) atoms. The second-order valence-electron chi connectivity index (χ2n) is 20.5. The average Bonchev–Trinajstić information content (AvgIpc) is 3.31. The number of aliphatic hydroxyl groups excluding tert-OH is 3. The minimum atomic E-state index is -1.16. The zero-order chi connectivity index (χ0) is 47.2. The number of hydrogen-bond donors (Lipinski definition) is 4. The van der Waals surface area contributed by atoms with Crippen LogP contribution in [0.5, 0.6) is 0 Å². The fourth-order valence-corrected chi connectivity index (χ4v) is 9.46. The summed E-state index contributed by atoms with van der Waals surface area (Å²) in [5.41, 5.74) is 0. The lowest BCUT2D eigenvalue weighted by Gasteiger charge is -2.26. The van der Waals surface area contributed by atoms with E-state index in [1.165, 1.54) is 263 Å². The van der Waals surface area contributed by atoms with Crippen LogP contribution in [0.4, 0.5) is 0 Å². The maximum absolute atomic E-state index is 12.5. The smallest absolute Gasteiger partial charge is 0.220 e. The number of allylic oxidation sites excluding steroid dienone is 4. The highest BCUT2D eigenvalue weighted by atomic mass is 16.3. The zero-order valence-electron chi connectivity index (χ0n) is 44.1. The number of aliphatic hydroxyl groups is 3. The second-order valence-corrected chi connectivity index (χ2v) is 20.5. The number of rotatable bonds is 55. The first-order valence-electron chi connectivity index (χ1n) is 29.6. The fourth-order valence-electron chi connectivity index (χ4n) is 9.46. The van der Waals surface area contributed by atoms with Gasteiger partial charge >= 0.3 is 0 Å². The Balaban J connectivity index is 3.50. The SMILES string of the molecule is CCCCCCCCCCCCCC/C=C\CCCCCCCCCCCCCCCCCCCC(=O)NC(CO)C(O)C(O)CCC/C=C/CCCCCCCCCCCCCCC.